The van der Waals surface area contributed by atoms with E-state index >= 15 is 0 Å². The van der Waals surface area contributed by atoms with Crippen LogP contribution in [0.25, 0.3) is 0 Å². The van der Waals surface area contributed by atoms with Crippen molar-refractivity contribution in [2.45, 2.75) is 19.3 Å². The maximum absolute atomic E-state index is 12.9. The van der Waals surface area contributed by atoms with E-state index in [-0.39, 0.29) is 37.3 Å². The fourth-order valence-electron chi connectivity index (χ4n) is 3.58. The van der Waals surface area contributed by atoms with Crippen molar-refractivity contribution in [1.29, 1.82) is 5.41 Å². The Kier molecular flexibility index (Phi) is 8.90. The van der Waals surface area contributed by atoms with Crippen LogP contribution in [-0.4, -0.2) is 88.8 Å². The molecule has 208 valence electrons. The van der Waals surface area contributed by atoms with Gasteiger partial charge in [0.05, 0.1) is 42.1 Å². The van der Waals surface area contributed by atoms with Gasteiger partial charge in [0.25, 0.3) is 5.56 Å². The lowest BCUT2D eigenvalue weighted by molar-refractivity contribution is -0.138. The Bertz CT molecular complexity index is 1180. The maximum atomic E-state index is 12.9. The summed E-state index contributed by atoms with van der Waals surface area (Å²) in [5, 5.41) is 15.1. The normalized spacial score (nSPS) is 15.3. The summed E-state index contributed by atoms with van der Waals surface area (Å²) >= 11 is 0. The van der Waals surface area contributed by atoms with Crippen LogP contribution in [0.15, 0.2) is 23.4 Å². The molecule has 3 N–H and O–H groups in total. The summed E-state index contributed by atoms with van der Waals surface area (Å²) in [7, 11) is 0. The monoisotopic (exact) mass is 550 g/mol. The highest BCUT2D eigenvalue weighted by Gasteiger charge is 2.38. The number of aromatic amines is 1. The number of nitrogens with zero attached hydrogens (tertiary/aromatic N) is 5. The van der Waals surface area contributed by atoms with E-state index in [9.17, 15) is 35.9 Å². The summed E-state index contributed by atoms with van der Waals surface area (Å²) in [4.78, 5) is 35.3. The van der Waals surface area contributed by atoms with E-state index in [4.69, 9.17) is 10.1 Å². The minimum Gasteiger partial charge on any atom is -0.381 e. The van der Waals surface area contributed by atoms with E-state index in [1.807, 2.05) is 5.10 Å². The third-order valence-corrected chi connectivity index (χ3v) is 5.58. The lowest BCUT2D eigenvalue weighted by Gasteiger charge is -2.36. The molecule has 1 unspecified atom stereocenters. The molecule has 0 saturated carbocycles. The average Bonchev–Trinajstić information content (AvgIpc) is 2.87. The molecule has 0 aliphatic carbocycles. The fourth-order valence-corrected chi connectivity index (χ4v) is 3.58. The van der Waals surface area contributed by atoms with E-state index in [1.54, 1.807) is 16.7 Å². The van der Waals surface area contributed by atoms with Crippen molar-refractivity contribution in [1.82, 2.24) is 25.1 Å². The van der Waals surface area contributed by atoms with Crippen LogP contribution in [0.4, 0.5) is 38.0 Å². The van der Waals surface area contributed by atoms with Gasteiger partial charge in [-0.15, -0.1) is 0 Å². The minimum atomic E-state index is -5.02. The number of ether oxygens (including phenoxy) is 1. The van der Waals surface area contributed by atoms with Crippen molar-refractivity contribution in [3.63, 3.8) is 0 Å². The van der Waals surface area contributed by atoms with Gasteiger partial charge in [0.15, 0.2) is 5.71 Å². The zero-order valence-electron chi connectivity index (χ0n) is 20.0. The third kappa shape index (κ3) is 7.17. The standard InChI is InChI=1S/C21H24F6N8O3/c1-12(11-38-7-2-29-14-10-32-33-17(36)15(14)16(28)21(25,26)27)18(37)34-3-5-35(6-4-34)19-30-8-13(9-31-19)20(22,23)24/h8-10,12,28H,2-7,11H2,1H3,(H2,29,33,36). The predicted molar refractivity (Wildman–Crippen MR) is 122 cm³/mol. The molecule has 38 heavy (non-hydrogen) atoms. The van der Waals surface area contributed by atoms with Gasteiger partial charge in [-0.3, -0.25) is 15.0 Å². The van der Waals surface area contributed by atoms with Gasteiger partial charge in [0.1, 0.15) is 0 Å². The number of halogens is 6. The van der Waals surface area contributed by atoms with E-state index in [0.717, 1.165) is 6.20 Å². The summed E-state index contributed by atoms with van der Waals surface area (Å²) in [6, 6.07) is 0. The number of rotatable bonds is 9. The molecule has 11 nitrogen and oxygen atoms in total. The summed E-state index contributed by atoms with van der Waals surface area (Å²) in [6.07, 6.45) is -7.18. The first-order valence-electron chi connectivity index (χ1n) is 11.3. The van der Waals surface area contributed by atoms with Crippen molar-refractivity contribution in [3.05, 3.63) is 40.1 Å². The average molecular weight is 550 g/mol. The van der Waals surface area contributed by atoms with Crippen molar-refractivity contribution >= 4 is 23.3 Å². The second-order valence-electron chi connectivity index (χ2n) is 8.35. The van der Waals surface area contributed by atoms with Gasteiger partial charge in [-0.25, -0.2) is 15.1 Å². The number of piperazine rings is 1. The summed E-state index contributed by atoms with van der Waals surface area (Å²) in [6.45, 7) is 2.89. The van der Waals surface area contributed by atoms with Crippen molar-refractivity contribution in [2.24, 2.45) is 5.92 Å². The molecular weight excluding hydrogens is 526 g/mol. The molecule has 0 aromatic carbocycles. The predicted octanol–water partition coefficient (Wildman–Crippen LogP) is 1.92. The second kappa shape index (κ2) is 11.7. The first-order valence-corrected chi connectivity index (χ1v) is 11.3. The topological polar surface area (TPSA) is 140 Å². The summed E-state index contributed by atoms with van der Waals surface area (Å²) in [5.74, 6) is -0.608. The quantitative estimate of drug-likeness (QED) is 0.245. The Hall–Kier alpha value is -3.76. The number of carbonyl (C=O) groups is 1. The van der Waals surface area contributed by atoms with Gasteiger partial charge in [-0.05, 0) is 0 Å². The lowest BCUT2D eigenvalue weighted by atomic mass is 10.1. The Balaban J connectivity index is 1.42. The molecule has 1 aliphatic heterocycles. The molecule has 17 heteroatoms. The number of nitrogens with one attached hydrogen (secondary N) is 3. The smallest absolute Gasteiger partial charge is 0.381 e. The molecule has 3 rings (SSSR count). The van der Waals surface area contributed by atoms with E-state index < -0.39 is 40.7 Å². The first-order chi connectivity index (χ1) is 17.8. The van der Waals surface area contributed by atoms with Crippen LogP contribution in [0, 0.1) is 11.3 Å². The van der Waals surface area contributed by atoms with Gasteiger partial charge in [-0.2, -0.15) is 31.4 Å². The largest absolute Gasteiger partial charge is 0.433 e. The van der Waals surface area contributed by atoms with Crippen LogP contribution in [0.5, 0.6) is 0 Å². The molecule has 1 fully saturated rings. The van der Waals surface area contributed by atoms with Crippen LogP contribution >= 0.6 is 0 Å². The number of alkyl halides is 6. The number of hydrogen-bond donors (Lipinski definition) is 3. The fraction of sp³-hybridized carbons (Fsp3) is 0.524. The molecule has 3 heterocycles. The molecule has 0 bridgehead atoms. The van der Waals surface area contributed by atoms with Crippen LogP contribution in [0.1, 0.15) is 18.1 Å². The number of anilines is 2. The zero-order valence-corrected chi connectivity index (χ0v) is 20.0. The van der Waals surface area contributed by atoms with Crippen LogP contribution in [0.3, 0.4) is 0 Å². The van der Waals surface area contributed by atoms with Gasteiger partial charge >= 0.3 is 12.4 Å². The molecule has 1 aliphatic rings. The number of carbonyl (C=O) groups excluding carboxylic acids is 1. The van der Waals surface area contributed by atoms with Gasteiger partial charge in [0, 0.05) is 45.1 Å². The molecule has 1 saturated heterocycles. The molecule has 0 radical (unpaired) electrons. The number of aromatic nitrogens is 4. The molecule has 0 spiro atoms. The van der Waals surface area contributed by atoms with Crippen LogP contribution in [-0.2, 0) is 15.7 Å². The lowest BCUT2D eigenvalue weighted by Crippen LogP contribution is -2.51. The molecule has 1 amide bonds. The Morgan fingerprint density at radius 1 is 1.13 bits per heavy atom. The Morgan fingerprint density at radius 3 is 2.34 bits per heavy atom. The zero-order chi connectivity index (χ0) is 28.1. The molecule has 1 atom stereocenters. The SMILES string of the molecule is CC(COCCNc1cn[nH]c(=O)c1C(=N)C(F)(F)F)C(=O)N1CCN(c2ncc(C(F)(F)F)cn2)CC1. The van der Waals surface area contributed by atoms with Gasteiger partial charge < -0.3 is 19.9 Å². The highest BCUT2D eigenvalue weighted by Crippen LogP contribution is 2.28. The number of hydrogen-bond acceptors (Lipinski definition) is 9. The van der Waals surface area contributed by atoms with Crippen molar-refractivity contribution < 1.29 is 35.9 Å². The highest BCUT2D eigenvalue weighted by atomic mass is 19.4. The Labute approximate surface area is 211 Å². The van der Waals surface area contributed by atoms with Crippen molar-refractivity contribution in [3.8, 4) is 0 Å². The van der Waals surface area contributed by atoms with Crippen LogP contribution < -0.4 is 15.8 Å². The second-order valence-corrected chi connectivity index (χ2v) is 8.35. The highest BCUT2D eigenvalue weighted by molar-refractivity contribution is 6.06. The minimum absolute atomic E-state index is 0.0117. The van der Waals surface area contributed by atoms with Gasteiger partial charge in [-0.1, -0.05) is 6.92 Å². The summed E-state index contributed by atoms with van der Waals surface area (Å²) in [5.41, 5.74) is -5.10. The Morgan fingerprint density at radius 2 is 1.76 bits per heavy atom. The van der Waals surface area contributed by atoms with E-state index in [0.29, 0.717) is 38.6 Å². The first kappa shape index (κ1) is 28.8. The number of amides is 1. The van der Waals surface area contributed by atoms with E-state index in [2.05, 4.69) is 20.4 Å². The van der Waals surface area contributed by atoms with Gasteiger partial charge in [0.2, 0.25) is 11.9 Å². The van der Waals surface area contributed by atoms with E-state index in [1.165, 1.54) is 0 Å². The van der Waals surface area contributed by atoms with Crippen LogP contribution in [0.2, 0.25) is 0 Å². The molecule has 2 aromatic rings. The molecular formula is C21H24F6N8O3. The third-order valence-electron chi connectivity index (χ3n) is 5.58. The molecule has 2 aromatic heterocycles. The number of H-pyrrole nitrogens is 1. The summed E-state index contributed by atoms with van der Waals surface area (Å²) < 4.78 is 82.1. The maximum Gasteiger partial charge on any atom is 0.433 e. The van der Waals surface area contributed by atoms with Crippen molar-refractivity contribution in [2.75, 3.05) is 56.2 Å².